The quantitative estimate of drug-likeness (QED) is 0.368. The van der Waals surface area contributed by atoms with E-state index in [-0.39, 0.29) is 0 Å². The van der Waals surface area contributed by atoms with E-state index in [1.165, 1.54) is 44.1 Å². The molecule has 0 aliphatic carbocycles. The molecular formula is C17H31N3. The Bertz CT molecular complexity index is 335. The maximum atomic E-state index is 5.66. The Morgan fingerprint density at radius 1 is 1.10 bits per heavy atom. The number of nitrogens with two attached hydrogens (primary N) is 1. The van der Waals surface area contributed by atoms with E-state index >= 15 is 0 Å². The van der Waals surface area contributed by atoms with Crippen molar-refractivity contribution in [3.8, 4) is 0 Å². The molecule has 0 fully saturated rings. The van der Waals surface area contributed by atoms with Crippen LogP contribution in [0.15, 0.2) is 18.3 Å². The number of hydrogen-bond donors (Lipinski definition) is 2. The van der Waals surface area contributed by atoms with Crippen LogP contribution in [-0.2, 0) is 12.8 Å². The van der Waals surface area contributed by atoms with Gasteiger partial charge in [0, 0.05) is 24.4 Å². The predicted molar refractivity (Wildman–Crippen MR) is 86.4 cm³/mol. The molecule has 114 valence electrons. The molecule has 3 heteroatoms. The van der Waals surface area contributed by atoms with Crippen molar-refractivity contribution in [1.29, 1.82) is 0 Å². The van der Waals surface area contributed by atoms with E-state index in [0.29, 0.717) is 6.04 Å². The summed E-state index contributed by atoms with van der Waals surface area (Å²) in [4.78, 5) is 4.51. The minimum absolute atomic E-state index is 0.348. The Balaban J connectivity index is 2.24. The summed E-state index contributed by atoms with van der Waals surface area (Å²) in [5.74, 6) is 5.66. The molecule has 0 aliphatic rings. The van der Waals surface area contributed by atoms with Crippen molar-refractivity contribution < 1.29 is 0 Å². The summed E-state index contributed by atoms with van der Waals surface area (Å²) in [6, 6.07) is 4.64. The minimum Gasteiger partial charge on any atom is -0.271 e. The third-order valence-corrected chi connectivity index (χ3v) is 3.89. The van der Waals surface area contributed by atoms with Gasteiger partial charge in [-0.2, -0.15) is 0 Å². The molecule has 1 unspecified atom stereocenters. The number of nitrogens with zero attached hydrogens (tertiary/aromatic N) is 1. The first kappa shape index (κ1) is 17.1. The van der Waals surface area contributed by atoms with Crippen molar-refractivity contribution in [2.75, 3.05) is 0 Å². The third kappa shape index (κ3) is 7.01. The lowest BCUT2D eigenvalue weighted by Gasteiger charge is -2.15. The highest BCUT2D eigenvalue weighted by molar-refractivity contribution is 5.14. The fourth-order valence-electron chi connectivity index (χ4n) is 2.45. The van der Waals surface area contributed by atoms with Gasteiger partial charge in [-0.1, -0.05) is 58.4 Å². The number of aryl methyl sites for hydroxylation is 1. The molecule has 0 bridgehead atoms. The summed E-state index contributed by atoms with van der Waals surface area (Å²) < 4.78 is 0. The second-order valence-electron chi connectivity index (χ2n) is 5.64. The maximum absolute atomic E-state index is 5.66. The van der Waals surface area contributed by atoms with Crippen LogP contribution in [0.2, 0.25) is 0 Å². The SMILES string of the molecule is CCCCCCCCC(Cc1ccc(CC)cn1)NN. The minimum atomic E-state index is 0.348. The molecule has 0 radical (unpaired) electrons. The van der Waals surface area contributed by atoms with E-state index in [4.69, 9.17) is 5.84 Å². The molecule has 1 rings (SSSR count). The summed E-state index contributed by atoms with van der Waals surface area (Å²) in [7, 11) is 0. The highest BCUT2D eigenvalue weighted by atomic mass is 15.2. The average Bonchev–Trinajstić information content (AvgIpc) is 2.50. The second-order valence-corrected chi connectivity index (χ2v) is 5.64. The van der Waals surface area contributed by atoms with Gasteiger partial charge in [-0.05, 0) is 24.5 Å². The first-order valence-electron chi connectivity index (χ1n) is 8.20. The van der Waals surface area contributed by atoms with Crippen molar-refractivity contribution in [2.24, 2.45) is 5.84 Å². The summed E-state index contributed by atoms with van der Waals surface area (Å²) in [6.07, 6.45) is 13.1. The summed E-state index contributed by atoms with van der Waals surface area (Å²) in [6.45, 7) is 4.41. The average molecular weight is 277 g/mol. The number of unbranched alkanes of at least 4 members (excludes halogenated alkanes) is 5. The Labute approximate surface area is 124 Å². The van der Waals surface area contributed by atoms with Crippen LogP contribution in [0.1, 0.15) is 70.1 Å². The van der Waals surface area contributed by atoms with Gasteiger partial charge < -0.3 is 0 Å². The fourth-order valence-corrected chi connectivity index (χ4v) is 2.45. The Morgan fingerprint density at radius 2 is 1.85 bits per heavy atom. The van der Waals surface area contributed by atoms with Crippen LogP contribution in [0.4, 0.5) is 0 Å². The molecule has 20 heavy (non-hydrogen) atoms. The first-order chi connectivity index (χ1) is 9.80. The molecule has 1 atom stereocenters. The molecule has 1 aromatic rings. The van der Waals surface area contributed by atoms with E-state index in [9.17, 15) is 0 Å². The fraction of sp³-hybridized carbons (Fsp3) is 0.706. The van der Waals surface area contributed by atoms with Crippen LogP contribution < -0.4 is 11.3 Å². The molecular weight excluding hydrogens is 246 g/mol. The molecule has 0 amide bonds. The van der Waals surface area contributed by atoms with Gasteiger partial charge in [-0.25, -0.2) is 0 Å². The normalized spacial score (nSPS) is 12.6. The summed E-state index contributed by atoms with van der Waals surface area (Å²) in [5.41, 5.74) is 5.37. The Hall–Kier alpha value is -0.930. The van der Waals surface area contributed by atoms with Gasteiger partial charge in [0.05, 0.1) is 0 Å². The zero-order valence-electron chi connectivity index (χ0n) is 13.2. The number of hydrazine groups is 1. The number of hydrogen-bond acceptors (Lipinski definition) is 3. The molecule has 3 nitrogen and oxygen atoms in total. The monoisotopic (exact) mass is 277 g/mol. The molecule has 0 spiro atoms. The molecule has 0 saturated carbocycles. The van der Waals surface area contributed by atoms with Crippen LogP contribution in [0.3, 0.4) is 0 Å². The first-order valence-corrected chi connectivity index (χ1v) is 8.20. The van der Waals surface area contributed by atoms with E-state index < -0.39 is 0 Å². The van der Waals surface area contributed by atoms with Crippen molar-refractivity contribution in [1.82, 2.24) is 10.4 Å². The van der Waals surface area contributed by atoms with Crippen molar-refractivity contribution in [3.05, 3.63) is 29.6 Å². The number of pyridine rings is 1. The number of nitrogens with one attached hydrogen (secondary N) is 1. The largest absolute Gasteiger partial charge is 0.271 e. The molecule has 1 heterocycles. The van der Waals surface area contributed by atoms with E-state index in [2.05, 4.69) is 36.4 Å². The highest BCUT2D eigenvalue weighted by Crippen LogP contribution is 2.11. The van der Waals surface area contributed by atoms with Crippen LogP contribution in [0, 0.1) is 0 Å². The highest BCUT2D eigenvalue weighted by Gasteiger charge is 2.08. The Morgan fingerprint density at radius 3 is 2.45 bits per heavy atom. The van der Waals surface area contributed by atoms with Gasteiger partial charge in [0.1, 0.15) is 0 Å². The van der Waals surface area contributed by atoms with Crippen LogP contribution >= 0.6 is 0 Å². The maximum Gasteiger partial charge on any atom is 0.0419 e. The van der Waals surface area contributed by atoms with Crippen LogP contribution in [0.5, 0.6) is 0 Å². The second kappa shape index (κ2) is 10.8. The topological polar surface area (TPSA) is 50.9 Å². The lowest BCUT2D eigenvalue weighted by molar-refractivity contribution is 0.456. The lowest BCUT2D eigenvalue weighted by Crippen LogP contribution is -2.36. The molecule has 0 saturated heterocycles. The van der Waals surface area contributed by atoms with E-state index in [0.717, 1.165) is 25.0 Å². The number of rotatable bonds is 11. The van der Waals surface area contributed by atoms with Crippen molar-refractivity contribution in [3.63, 3.8) is 0 Å². The molecule has 0 aromatic carbocycles. The number of aromatic nitrogens is 1. The molecule has 3 N–H and O–H groups in total. The van der Waals surface area contributed by atoms with Crippen molar-refractivity contribution >= 4 is 0 Å². The predicted octanol–water partition coefficient (Wildman–Crippen LogP) is 3.77. The van der Waals surface area contributed by atoms with Gasteiger partial charge in [0.2, 0.25) is 0 Å². The smallest absolute Gasteiger partial charge is 0.0419 e. The zero-order chi connectivity index (χ0) is 14.6. The van der Waals surface area contributed by atoms with Gasteiger partial charge >= 0.3 is 0 Å². The van der Waals surface area contributed by atoms with Gasteiger partial charge in [-0.3, -0.25) is 16.3 Å². The van der Waals surface area contributed by atoms with Crippen molar-refractivity contribution in [2.45, 2.75) is 77.7 Å². The third-order valence-electron chi connectivity index (χ3n) is 3.89. The van der Waals surface area contributed by atoms with E-state index in [1.807, 2.05) is 6.20 Å². The van der Waals surface area contributed by atoms with Gasteiger partial charge in [0.15, 0.2) is 0 Å². The molecule has 1 aromatic heterocycles. The molecule has 0 aliphatic heterocycles. The summed E-state index contributed by atoms with van der Waals surface area (Å²) >= 11 is 0. The van der Waals surface area contributed by atoms with E-state index in [1.54, 1.807) is 0 Å². The lowest BCUT2D eigenvalue weighted by atomic mass is 10.0. The van der Waals surface area contributed by atoms with Gasteiger partial charge in [0.25, 0.3) is 0 Å². The van der Waals surface area contributed by atoms with Gasteiger partial charge in [-0.15, -0.1) is 0 Å². The standard InChI is InChI=1S/C17H31N3/c1-3-5-6-7-8-9-10-17(20-18)13-16-12-11-15(4-2)14-19-16/h11-12,14,17,20H,3-10,13,18H2,1-2H3. The van der Waals surface area contributed by atoms with Crippen LogP contribution in [-0.4, -0.2) is 11.0 Å². The Kier molecular flexibility index (Phi) is 9.25. The summed E-state index contributed by atoms with van der Waals surface area (Å²) in [5, 5.41) is 0. The van der Waals surface area contributed by atoms with Crippen LogP contribution in [0.25, 0.3) is 0 Å². The zero-order valence-corrected chi connectivity index (χ0v) is 13.2.